The van der Waals surface area contributed by atoms with Crippen LogP contribution in [0.3, 0.4) is 0 Å². The van der Waals surface area contributed by atoms with Crippen LogP contribution in [0.25, 0.3) is 0 Å². The van der Waals surface area contributed by atoms with Gasteiger partial charge >= 0.3 is 0 Å². The van der Waals surface area contributed by atoms with Crippen LogP contribution in [0.15, 0.2) is 0 Å². The molecule has 1 fully saturated rings. The monoisotopic (exact) mass is 255 g/mol. The first-order chi connectivity index (χ1) is 8.49. The molecule has 5 heteroatoms. The number of nitrogens with one attached hydrogen (secondary N) is 2. The number of amides is 2. The van der Waals surface area contributed by atoms with E-state index in [2.05, 4.69) is 24.5 Å². The smallest absolute Gasteiger partial charge is 0.233 e. The van der Waals surface area contributed by atoms with Crippen LogP contribution >= 0.6 is 0 Å². The molecule has 2 amide bonds. The summed E-state index contributed by atoms with van der Waals surface area (Å²) in [4.78, 5) is 22.5. The van der Waals surface area contributed by atoms with Crippen molar-refractivity contribution in [3.8, 4) is 0 Å². The number of hydrogen-bond donors (Lipinski definition) is 3. The molecule has 4 N–H and O–H groups in total. The third-order valence-electron chi connectivity index (χ3n) is 3.39. The van der Waals surface area contributed by atoms with E-state index in [-0.39, 0.29) is 17.7 Å². The maximum Gasteiger partial charge on any atom is 0.233 e. The van der Waals surface area contributed by atoms with Gasteiger partial charge in [0.25, 0.3) is 0 Å². The van der Waals surface area contributed by atoms with Gasteiger partial charge in [0.15, 0.2) is 0 Å². The highest BCUT2D eigenvalue weighted by Crippen LogP contribution is 2.23. The van der Waals surface area contributed by atoms with Crippen LogP contribution in [-0.4, -0.2) is 30.9 Å². The topological polar surface area (TPSA) is 84.2 Å². The van der Waals surface area contributed by atoms with Gasteiger partial charge in [-0.2, -0.15) is 0 Å². The van der Waals surface area contributed by atoms with Gasteiger partial charge in [-0.25, -0.2) is 0 Å². The first-order valence-corrected chi connectivity index (χ1v) is 6.78. The van der Waals surface area contributed by atoms with E-state index in [0.29, 0.717) is 18.5 Å². The number of carbonyl (C=O) groups excluding carboxylic acids is 2. The van der Waals surface area contributed by atoms with Gasteiger partial charge in [0.05, 0.1) is 6.54 Å². The summed E-state index contributed by atoms with van der Waals surface area (Å²) >= 11 is 0. The van der Waals surface area contributed by atoms with Crippen LogP contribution in [-0.2, 0) is 9.59 Å². The van der Waals surface area contributed by atoms with Crippen molar-refractivity contribution >= 4 is 11.8 Å². The van der Waals surface area contributed by atoms with Gasteiger partial charge in [-0.3, -0.25) is 9.59 Å². The summed E-state index contributed by atoms with van der Waals surface area (Å²) < 4.78 is 0. The molecule has 0 aromatic heterocycles. The van der Waals surface area contributed by atoms with E-state index in [1.807, 2.05) is 0 Å². The zero-order chi connectivity index (χ0) is 13.5. The SMILES string of the molecule is CC(C)CNC(=O)CNC1CCC(C(N)=O)CC1. The summed E-state index contributed by atoms with van der Waals surface area (Å²) in [6, 6.07) is 0.338. The Hall–Kier alpha value is -1.10. The molecule has 0 heterocycles. The van der Waals surface area contributed by atoms with Crippen molar-refractivity contribution in [3.63, 3.8) is 0 Å². The van der Waals surface area contributed by atoms with Crippen molar-refractivity contribution in [2.24, 2.45) is 17.6 Å². The molecule has 0 spiro atoms. The van der Waals surface area contributed by atoms with E-state index >= 15 is 0 Å². The Bertz CT molecular complexity index is 284. The van der Waals surface area contributed by atoms with Crippen molar-refractivity contribution in [3.05, 3.63) is 0 Å². The van der Waals surface area contributed by atoms with Gasteiger partial charge in [-0.1, -0.05) is 13.8 Å². The average molecular weight is 255 g/mol. The number of carbonyl (C=O) groups is 2. The lowest BCUT2D eigenvalue weighted by Gasteiger charge is -2.27. The molecule has 18 heavy (non-hydrogen) atoms. The fourth-order valence-corrected chi connectivity index (χ4v) is 2.20. The van der Waals surface area contributed by atoms with Crippen LogP contribution < -0.4 is 16.4 Å². The van der Waals surface area contributed by atoms with Crippen molar-refractivity contribution in [1.29, 1.82) is 0 Å². The molecule has 1 rings (SSSR count). The van der Waals surface area contributed by atoms with Crippen LogP contribution in [0.4, 0.5) is 0 Å². The molecule has 1 aliphatic carbocycles. The largest absolute Gasteiger partial charge is 0.369 e. The summed E-state index contributed by atoms with van der Waals surface area (Å²) in [6.45, 7) is 5.21. The first-order valence-electron chi connectivity index (χ1n) is 6.78. The van der Waals surface area contributed by atoms with E-state index < -0.39 is 0 Å². The first kappa shape index (κ1) is 15.0. The van der Waals surface area contributed by atoms with Gasteiger partial charge in [0.2, 0.25) is 11.8 Å². The normalized spacial score (nSPS) is 23.9. The third kappa shape index (κ3) is 5.49. The molecule has 0 aromatic carbocycles. The molecular formula is C13H25N3O2. The van der Waals surface area contributed by atoms with Gasteiger partial charge in [0.1, 0.15) is 0 Å². The van der Waals surface area contributed by atoms with Gasteiger partial charge < -0.3 is 16.4 Å². The molecule has 0 atom stereocenters. The van der Waals surface area contributed by atoms with E-state index in [1.54, 1.807) is 0 Å². The quantitative estimate of drug-likeness (QED) is 0.642. The van der Waals surface area contributed by atoms with Crippen LogP contribution in [0.2, 0.25) is 0 Å². The van der Waals surface area contributed by atoms with Gasteiger partial charge in [0, 0.05) is 18.5 Å². The lowest BCUT2D eigenvalue weighted by Crippen LogP contribution is -2.42. The number of primary amides is 1. The number of nitrogens with two attached hydrogens (primary N) is 1. The Morgan fingerprint density at radius 3 is 2.33 bits per heavy atom. The van der Waals surface area contributed by atoms with Crippen molar-refractivity contribution < 1.29 is 9.59 Å². The molecule has 0 radical (unpaired) electrons. The van der Waals surface area contributed by atoms with Crippen LogP contribution in [0, 0.1) is 11.8 Å². The highest BCUT2D eigenvalue weighted by molar-refractivity contribution is 5.78. The Kier molecular flexibility index (Phi) is 6.12. The fourth-order valence-electron chi connectivity index (χ4n) is 2.20. The van der Waals surface area contributed by atoms with E-state index in [1.165, 1.54) is 0 Å². The fraction of sp³-hybridized carbons (Fsp3) is 0.846. The zero-order valence-electron chi connectivity index (χ0n) is 11.4. The summed E-state index contributed by atoms with van der Waals surface area (Å²) in [6.07, 6.45) is 3.51. The molecule has 0 bridgehead atoms. The summed E-state index contributed by atoms with van der Waals surface area (Å²) in [5.74, 6) is 0.349. The van der Waals surface area contributed by atoms with Crippen LogP contribution in [0.1, 0.15) is 39.5 Å². The van der Waals surface area contributed by atoms with Crippen LogP contribution in [0.5, 0.6) is 0 Å². The van der Waals surface area contributed by atoms with Crippen molar-refractivity contribution in [1.82, 2.24) is 10.6 Å². The molecule has 5 nitrogen and oxygen atoms in total. The minimum atomic E-state index is -0.192. The number of rotatable bonds is 6. The third-order valence-corrected chi connectivity index (χ3v) is 3.39. The van der Waals surface area contributed by atoms with Crippen molar-refractivity contribution in [2.45, 2.75) is 45.6 Å². The Labute approximate surface area is 109 Å². The Morgan fingerprint density at radius 2 is 1.83 bits per heavy atom. The lowest BCUT2D eigenvalue weighted by atomic mass is 9.85. The average Bonchev–Trinajstić information content (AvgIpc) is 2.34. The predicted molar refractivity (Wildman–Crippen MR) is 70.8 cm³/mol. The molecule has 0 aliphatic heterocycles. The molecule has 1 saturated carbocycles. The van der Waals surface area contributed by atoms with Gasteiger partial charge in [-0.15, -0.1) is 0 Å². The van der Waals surface area contributed by atoms with E-state index in [4.69, 9.17) is 5.73 Å². The van der Waals surface area contributed by atoms with Gasteiger partial charge in [-0.05, 0) is 31.6 Å². The second-order valence-electron chi connectivity index (χ2n) is 5.53. The minimum Gasteiger partial charge on any atom is -0.369 e. The molecule has 0 aromatic rings. The molecule has 1 aliphatic rings. The Morgan fingerprint density at radius 1 is 1.22 bits per heavy atom. The molecular weight excluding hydrogens is 230 g/mol. The maximum atomic E-state index is 11.5. The number of hydrogen-bond acceptors (Lipinski definition) is 3. The Balaban J connectivity index is 2.14. The van der Waals surface area contributed by atoms with Crippen molar-refractivity contribution in [2.75, 3.05) is 13.1 Å². The standard InChI is InChI=1S/C13H25N3O2/c1-9(2)7-16-12(17)8-15-11-5-3-10(4-6-11)13(14)18/h9-11,15H,3-8H2,1-2H3,(H2,14,18)(H,16,17). The second kappa shape index (κ2) is 7.36. The highest BCUT2D eigenvalue weighted by atomic mass is 16.2. The second-order valence-corrected chi connectivity index (χ2v) is 5.53. The lowest BCUT2D eigenvalue weighted by molar-refractivity contribution is -0.123. The zero-order valence-corrected chi connectivity index (χ0v) is 11.4. The highest BCUT2D eigenvalue weighted by Gasteiger charge is 2.24. The van der Waals surface area contributed by atoms with E-state index in [9.17, 15) is 9.59 Å². The molecule has 0 unspecified atom stereocenters. The molecule has 0 saturated heterocycles. The summed E-state index contributed by atoms with van der Waals surface area (Å²) in [5.41, 5.74) is 5.28. The minimum absolute atomic E-state index is 0.0258. The maximum absolute atomic E-state index is 11.5. The summed E-state index contributed by atoms with van der Waals surface area (Å²) in [7, 11) is 0. The predicted octanol–water partition coefficient (Wildman–Crippen LogP) is 0.392. The summed E-state index contributed by atoms with van der Waals surface area (Å²) in [5, 5.41) is 6.11. The molecule has 104 valence electrons. The van der Waals surface area contributed by atoms with E-state index in [0.717, 1.165) is 32.2 Å².